The Bertz CT molecular complexity index is 1240. The Morgan fingerprint density at radius 1 is 1.10 bits per heavy atom. The van der Waals surface area contributed by atoms with Gasteiger partial charge in [0.05, 0.1) is 9.60 Å². The van der Waals surface area contributed by atoms with E-state index < -0.39 is 9.84 Å². The van der Waals surface area contributed by atoms with Crippen molar-refractivity contribution in [3.8, 4) is 11.5 Å². The molecule has 164 valence electrons. The van der Waals surface area contributed by atoms with Gasteiger partial charge in [-0.05, 0) is 44.4 Å². The van der Waals surface area contributed by atoms with Crippen molar-refractivity contribution in [1.82, 2.24) is 9.88 Å². The fourth-order valence-corrected chi connectivity index (χ4v) is 5.16. The van der Waals surface area contributed by atoms with E-state index in [0.717, 1.165) is 6.26 Å². The first-order valence-electron chi connectivity index (χ1n) is 9.70. The lowest BCUT2D eigenvalue weighted by molar-refractivity contribution is 0.0984. The Balaban J connectivity index is 1.75. The number of nitrogens with zero attached hydrogens (tertiary/aromatic N) is 3. The van der Waals surface area contributed by atoms with E-state index in [4.69, 9.17) is 9.47 Å². The number of hydrogen-bond donors (Lipinski definition) is 0. The van der Waals surface area contributed by atoms with Crippen LogP contribution in [0.3, 0.4) is 0 Å². The highest BCUT2D eigenvalue weighted by molar-refractivity contribution is 7.91. The molecule has 10 heteroatoms. The molecule has 1 amide bonds. The van der Waals surface area contributed by atoms with E-state index in [1.807, 2.05) is 25.1 Å². The number of likely N-dealkylation sites (N-methyl/N-ethyl adjacent to an activating group) is 1. The van der Waals surface area contributed by atoms with Gasteiger partial charge in [0.25, 0.3) is 5.91 Å². The molecule has 8 nitrogen and oxygen atoms in total. The summed E-state index contributed by atoms with van der Waals surface area (Å²) in [6.07, 6.45) is 1.16. The molecule has 0 N–H and O–H groups in total. The molecule has 0 saturated heterocycles. The Kier molecular flexibility index (Phi) is 5.87. The first-order chi connectivity index (χ1) is 14.7. The number of carbonyl (C=O) groups excluding carboxylic acids is 1. The van der Waals surface area contributed by atoms with E-state index in [9.17, 15) is 13.2 Å². The van der Waals surface area contributed by atoms with E-state index in [1.54, 1.807) is 29.2 Å². The number of hydrogen-bond acceptors (Lipinski definition) is 8. The summed E-state index contributed by atoms with van der Waals surface area (Å²) in [6.45, 7) is 1.92. The minimum absolute atomic E-state index is 0.159. The number of anilines is 1. The second kappa shape index (κ2) is 8.45. The quantitative estimate of drug-likeness (QED) is 0.558. The fraction of sp³-hybridized carbons (Fsp3) is 0.333. The number of thiazole rings is 1. The van der Waals surface area contributed by atoms with Crippen molar-refractivity contribution in [2.75, 3.05) is 51.6 Å². The van der Waals surface area contributed by atoms with Gasteiger partial charge in [-0.15, -0.1) is 0 Å². The number of fused-ring (bicyclic) bond motifs is 2. The molecule has 0 aliphatic carbocycles. The number of rotatable bonds is 6. The number of para-hydroxylation sites is 1. The normalized spacial score (nSPS) is 13.5. The van der Waals surface area contributed by atoms with Crippen LogP contribution >= 0.6 is 11.3 Å². The largest absolute Gasteiger partial charge is 0.486 e. The molecular formula is C21H23N3O5S2. The van der Waals surface area contributed by atoms with Gasteiger partial charge in [-0.2, -0.15) is 0 Å². The van der Waals surface area contributed by atoms with Gasteiger partial charge in [0.15, 0.2) is 26.5 Å². The molecule has 1 aliphatic rings. The number of amides is 1. The molecule has 0 unspecified atom stereocenters. The monoisotopic (exact) mass is 461 g/mol. The lowest BCUT2D eigenvalue weighted by Gasteiger charge is -2.23. The molecule has 1 aliphatic heterocycles. The SMILES string of the molecule is CN(C)CCN(C(=O)c1ccc2c(c1)OCCO2)c1nc2c(S(C)(=O)=O)cccc2s1. The molecule has 31 heavy (non-hydrogen) atoms. The topological polar surface area (TPSA) is 89.0 Å². The van der Waals surface area contributed by atoms with Crippen LogP contribution < -0.4 is 14.4 Å². The maximum atomic E-state index is 13.5. The molecular weight excluding hydrogens is 438 g/mol. The van der Waals surface area contributed by atoms with E-state index in [2.05, 4.69) is 4.98 Å². The van der Waals surface area contributed by atoms with E-state index in [0.29, 0.717) is 58.7 Å². The highest BCUT2D eigenvalue weighted by atomic mass is 32.2. The molecule has 0 bridgehead atoms. The lowest BCUT2D eigenvalue weighted by atomic mass is 10.1. The van der Waals surface area contributed by atoms with Gasteiger partial charge >= 0.3 is 0 Å². The molecule has 4 rings (SSSR count). The molecule has 0 fully saturated rings. The summed E-state index contributed by atoms with van der Waals surface area (Å²) in [5.41, 5.74) is 0.834. The van der Waals surface area contributed by atoms with Crippen LogP contribution in [0, 0.1) is 0 Å². The minimum atomic E-state index is -3.45. The molecule has 0 saturated carbocycles. The van der Waals surface area contributed by atoms with Gasteiger partial charge in [-0.25, -0.2) is 13.4 Å². The van der Waals surface area contributed by atoms with Crippen molar-refractivity contribution in [3.05, 3.63) is 42.0 Å². The number of ether oxygens (including phenoxy) is 2. The van der Waals surface area contributed by atoms with E-state index >= 15 is 0 Å². The third-order valence-corrected chi connectivity index (χ3v) is 6.98. The minimum Gasteiger partial charge on any atom is -0.486 e. The number of carbonyl (C=O) groups is 1. The Labute approximate surface area is 184 Å². The van der Waals surface area contributed by atoms with Crippen molar-refractivity contribution in [2.45, 2.75) is 4.90 Å². The zero-order chi connectivity index (χ0) is 22.2. The van der Waals surface area contributed by atoms with Crippen LogP contribution in [0.5, 0.6) is 11.5 Å². The highest BCUT2D eigenvalue weighted by Gasteiger charge is 2.25. The third kappa shape index (κ3) is 4.51. The van der Waals surface area contributed by atoms with Gasteiger partial charge in [0.2, 0.25) is 0 Å². The maximum Gasteiger partial charge on any atom is 0.260 e. The molecule has 3 aromatic rings. The fourth-order valence-electron chi connectivity index (χ4n) is 3.24. The summed E-state index contributed by atoms with van der Waals surface area (Å²) in [6, 6.07) is 10.1. The van der Waals surface area contributed by atoms with Gasteiger partial charge in [0.1, 0.15) is 18.7 Å². The summed E-state index contributed by atoms with van der Waals surface area (Å²) >= 11 is 1.29. The van der Waals surface area contributed by atoms with Crippen molar-refractivity contribution in [2.24, 2.45) is 0 Å². The van der Waals surface area contributed by atoms with Crippen LogP contribution in [0.15, 0.2) is 41.3 Å². The van der Waals surface area contributed by atoms with Crippen LogP contribution in [0.1, 0.15) is 10.4 Å². The van der Waals surface area contributed by atoms with Crippen molar-refractivity contribution < 1.29 is 22.7 Å². The predicted octanol–water partition coefficient (Wildman–Crippen LogP) is 2.68. The zero-order valence-electron chi connectivity index (χ0n) is 17.5. The average molecular weight is 462 g/mol. The summed E-state index contributed by atoms with van der Waals surface area (Å²) in [5, 5.41) is 0.452. The first-order valence-corrected chi connectivity index (χ1v) is 12.4. The Morgan fingerprint density at radius 2 is 1.84 bits per heavy atom. The molecule has 2 aromatic carbocycles. The summed E-state index contributed by atoms with van der Waals surface area (Å²) < 4.78 is 36.2. The third-order valence-electron chi connectivity index (χ3n) is 4.81. The summed E-state index contributed by atoms with van der Waals surface area (Å²) in [5.74, 6) is 0.910. The molecule has 1 aromatic heterocycles. The molecule has 2 heterocycles. The second-order valence-corrected chi connectivity index (χ2v) is 10.5. The molecule has 0 radical (unpaired) electrons. The highest BCUT2D eigenvalue weighted by Crippen LogP contribution is 2.35. The first kappa shape index (κ1) is 21.5. The van der Waals surface area contributed by atoms with Crippen molar-refractivity contribution in [3.63, 3.8) is 0 Å². The van der Waals surface area contributed by atoms with Gasteiger partial charge in [-0.3, -0.25) is 9.69 Å². The number of aromatic nitrogens is 1. The number of benzene rings is 2. The maximum absolute atomic E-state index is 13.5. The Hall–Kier alpha value is -2.69. The van der Waals surface area contributed by atoms with E-state index in [-0.39, 0.29) is 10.8 Å². The predicted molar refractivity (Wildman–Crippen MR) is 120 cm³/mol. The summed E-state index contributed by atoms with van der Waals surface area (Å²) in [7, 11) is 0.399. The average Bonchev–Trinajstić information content (AvgIpc) is 3.16. The van der Waals surface area contributed by atoms with Gasteiger partial charge in [-0.1, -0.05) is 17.4 Å². The standard InChI is InChI=1S/C21H23N3O5S2/c1-23(2)9-10-24(20(25)14-7-8-15-16(13-14)29-12-11-28-15)21-22-19-17(30-21)5-4-6-18(19)31(3,26)27/h4-8,13H,9-12H2,1-3H3. The zero-order valence-corrected chi connectivity index (χ0v) is 19.1. The van der Waals surface area contributed by atoms with Crippen molar-refractivity contribution >= 4 is 42.4 Å². The smallest absolute Gasteiger partial charge is 0.260 e. The van der Waals surface area contributed by atoms with Crippen LogP contribution in [0.2, 0.25) is 0 Å². The van der Waals surface area contributed by atoms with Crippen LogP contribution in [0.25, 0.3) is 10.2 Å². The van der Waals surface area contributed by atoms with Crippen LogP contribution in [0.4, 0.5) is 5.13 Å². The lowest BCUT2D eigenvalue weighted by Crippen LogP contribution is -2.36. The Morgan fingerprint density at radius 3 is 2.55 bits per heavy atom. The van der Waals surface area contributed by atoms with Crippen molar-refractivity contribution in [1.29, 1.82) is 0 Å². The number of sulfone groups is 1. The molecule has 0 spiro atoms. The second-order valence-electron chi connectivity index (χ2n) is 7.49. The van der Waals surface area contributed by atoms with Crippen LogP contribution in [-0.2, 0) is 9.84 Å². The van der Waals surface area contributed by atoms with E-state index in [1.165, 1.54) is 17.4 Å². The summed E-state index contributed by atoms with van der Waals surface area (Å²) in [4.78, 5) is 21.7. The van der Waals surface area contributed by atoms with Gasteiger partial charge in [0, 0.05) is 24.9 Å². The van der Waals surface area contributed by atoms with Gasteiger partial charge < -0.3 is 14.4 Å². The molecule has 0 atom stereocenters. The van der Waals surface area contributed by atoms with Crippen LogP contribution in [-0.4, -0.2) is 70.9 Å².